The van der Waals surface area contributed by atoms with Crippen molar-refractivity contribution in [3.8, 4) is 0 Å². The minimum atomic E-state index is -0.318. The topological polar surface area (TPSA) is 53.6 Å². The quantitative estimate of drug-likeness (QED) is 0.630. The van der Waals surface area contributed by atoms with E-state index in [2.05, 4.69) is 29.6 Å². The first-order chi connectivity index (χ1) is 9.10. The fourth-order valence-electron chi connectivity index (χ4n) is 2.56. The van der Waals surface area contributed by atoms with Crippen LogP contribution in [0.25, 0.3) is 0 Å². The maximum absolute atomic E-state index is 12.4. The number of nitrogens with zero attached hydrogens (tertiary/aromatic N) is 1. The number of carbonyl (C=O) groups is 1. The van der Waals surface area contributed by atoms with Crippen molar-refractivity contribution in [2.45, 2.75) is 25.7 Å². The summed E-state index contributed by atoms with van der Waals surface area (Å²) in [6, 6.07) is 0. The van der Waals surface area contributed by atoms with Crippen LogP contribution in [0.5, 0.6) is 0 Å². The normalized spacial score (nSPS) is 18.5. The van der Waals surface area contributed by atoms with Crippen LogP contribution in [0.1, 0.15) is 25.7 Å². The Morgan fingerprint density at radius 3 is 2.58 bits per heavy atom. The molecule has 0 aromatic rings. The van der Waals surface area contributed by atoms with Gasteiger partial charge in [-0.05, 0) is 59.4 Å². The fraction of sp³-hybridized carbons (Fsp3) is 0.929. The van der Waals surface area contributed by atoms with Crippen LogP contribution < -0.4 is 10.6 Å². The third kappa shape index (κ3) is 5.47. The predicted octanol–water partition coefficient (Wildman–Crippen LogP) is 0.461. The zero-order chi connectivity index (χ0) is 14.1. The lowest BCUT2D eigenvalue weighted by Gasteiger charge is -2.35. The van der Waals surface area contributed by atoms with E-state index in [0.717, 1.165) is 51.9 Å². The van der Waals surface area contributed by atoms with E-state index in [9.17, 15) is 4.79 Å². The number of piperidine rings is 1. The third-order valence-electron chi connectivity index (χ3n) is 3.78. The van der Waals surface area contributed by atoms with Gasteiger partial charge in [0.15, 0.2) is 0 Å². The number of hydrogen-bond donors (Lipinski definition) is 2. The van der Waals surface area contributed by atoms with E-state index in [0.29, 0.717) is 6.61 Å². The van der Waals surface area contributed by atoms with Gasteiger partial charge in [-0.1, -0.05) is 0 Å². The summed E-state index contributed by atoms with van der Waals surface area (Å²) in [5, 5.41) is 6.39. The molecule has 2 N–H and O–H groups in total. The Bertz CT molecular complexity index is 258. The van der Waals surface area contributed by atoms with Crippen LogP contribution in [-0.4, -0.2) is 64.8 Å². The molecule has 1 aliphatic rings. The van der Waals surface area contributed by atoms with Crippen LogP contribution in [0, 0.1) is 5.41 Å². The predicted molar refractivity (Wildman–Crippen MR) is 77.2 cm³/mol. The van der Waals surface area contributed by atoms with E-state index in [1.165, 1.54) is 0 Å². The summed E-state index contributed by atoms with van der Waals surface area (Å²) < 4.78 is 5.27. The number of unbranched alkanes of at least 4 members (excludes halogenated alkanes) is 1. The average Bonchev–Trinajstić information content (AvgIpc) is 2.39. The molecule has 1 rings (SSSR count). The Kier molecular flexibility index (Phi) is 7.34. The van der Waals surface area contributed by atoms with Gasteiger partial charge >= 0.3 is 0 Å². The van der Waals surface area contributed by atoms with E-state index in [1.807, 2.05) is 0 Å². The number of hydrogen-bond acceptors (Lipinski definition) is 4. The summed E-state index contributed by atoms with van der Waals surface area (Å²) in [6.45, 7) is 4.17. The van der Waals surface area contributed by atoms with E-state index in [1.54, 1.807) is 7.11 Å². The Balaban J connectivity index is 2.32. The second kappa shape index (κ2) is 8.51. The lowest BCUT2D eigenvalue weighted by molar-refractivity contribution is -0.136. The van der Waals surface area contributed by atoms with Gasteiger partial charge in [0.25, 0.3) is 0 Å². The van der Waals surface area contributed by atoms with E-state index in [-0.39, 0.29) is 11.3 Å². The van der Waals surface area contributed by atoms with Gasteiger partial charge in [0.2, 0.25) is 5.91 Å². The van der Waals surface area contributed by atoms with Crippen molar-refractivity contribution in [2.24, 2.45) is 5.41 Å². The molecule has 5 heteroatoms. The molecule has 0 aromatic carbocycles. The SMILES string of the molecule is COCC1(C(=O)NCCCCN(C)C)CCNCC1. The molecule has 0 atom stereocenters. The summed E-state index contributed by atoms with van der Waals surface area (Å²) in [5.41, 5.74) is -0.318. The minimum Gasteiger partial charge on any atom is -0.384 e. The van der Waals surface area contributed by atoms with Crippen LogP contribution in [-0.2, 0) is 9.53 Å². The number of methoxy groups -OCH3 is 1. The van der Waals surface area contributed by atoms with Gasteiger partial charge in [0, 0.05) is 13.7 Å². The highest BCUT2D eigenvalue weighted by Gasteiger charge is 2.39. The highest BCUT2D eigenvalue weighted by atomic mass is 16.5. The van der Waals surface area contributed by atoms with E-state index < -0.39 is 0 Å². The second-order valence-corrected chi connectivity index (χ2v) is 5.73. The molecule has 1 amide bonds. The molecule has 0 saturated carbocycles. The molecule has 112 valence electrons. The molecule has 0 radical (unpaired) electrons. The van der Waals surface area contributed by atoms with Crippen molar-refractivity contribution in [1.29, 1.82) is 0 Å². The zero-order valence-corrected chi connectivity index (χ0v) is 12.6. The van der Waals surface area contributed by atoms with Crippen molar-refractivity contribution in [1.82, 2.24) is 15.5 Å². The van der Waals surface area contributed by atoms with Gasteiger partial charge in [0.05, 0.1) is 12.0 Å². The summed E-state index contributed by atoms with van der Waals surface area (Å²) in [5.74, 6) is 0.167. The maximum atomic E-state index is 12.4. The lowest BCUT2D eigenvalue weighted by atomic mass is 9.78. The molecule has 5 nitrogen and oxygen atoms in total. The first-order valence-corrected chi connectivity index (χ1v) is 7.23. The van der Waals surface area contributed by atoms with Crippen LogP contribution >= 0.6 is 0 Å². The highest BCUT2D eigenvalue weighted by Crippen LogP contribution is 2.29. The number of nitrogens with one attached hydrogen (secondary N) is 2. The second-order valence-electron chi connectivity index (χ2n) is 5.73. The van der Waals surface area contributed by atoms with Crippen molar-refractivity contribution in [3.05, 3.63) is 0 Å². The number of rotatable bonds is 8. The van der Waals surface area contributed by atoms with Gasteiger partial charge in [-0.25, -0.2) is 0 Å². The molecular formula is C14H29N3O2. The molecule has 0 spiro atoms. The number of amides is 1. The van der Waals surface area contributed by atoms with Crippen molar-refractivity contribution >= 4 is 5.91 Å². The van der Waals surface area contributed by atoms with Crippen LogP contribution in [0.3, 0.4) is 0 Å². The molecule has 1 fully saturated rings. The van der Waals surface area contributed by atoms with Gasteiger partial charge < -0.3 is 20.3 Å². The highest BCUT2D eigenvalue weighted by molar-refractivity contribution is 5.82. The molecular weight excluding hydrogens is 242 g/mol. The van der Waals surface area contributed by atoms with E-state index in [4.69, 9.17) is 4.74 Å². The first kappa shape index (κ1) is 16.4. The number of carbonyl (C=O) groups excluding carboxylic acids is 1. The molecule has 0 unspecified atom stereocenters. The Morgan fingerprint density at radius 1 is 1.32 bits per heavy atom. The molecule has 1 saturated heterocycles. The van der Waals surface area contributed by atoms with Gasteiger partial charge in [0.1, 0.15) is 0 Å². The largest absolute Gasteiger partial charge is 0.384 e. The summed E-state index contributed by atoms with van der Waals surface area (Å²) in [4.78, 5) is 14.5. The molecule has 19 heavy (non-hydrogen) atoms. The average molecular weight is 271 g/mol. The van der Waals surface area contributed by atoms with Crippen LogP contribution in [0.2, 0.25) is 0 Å². The van der Waals surface area contributed by atoms with Gasteiger partial charge in [-0.15, -0.1) is 0 Å². The van der Waals surface area contributed by atoms with Crippen LogP contribution in [0.15, 0.2) is 0 Å². The van der Waals surface area contributed by atoms with Gasteiger partial charge in [-0.3, -0.25) is 4.79 Å². The number of ether oxygens (including phenoxy) is 1. The first-order valence-electron chi connectivity index (χ1n) is 7.23. The maximum Gasteiger partial charge on any atom is 0.228 e. The van der Waals surface area contributed by atoms with Gasteiger partial charge in [-0.2, -0.15) is 0 Å². The lowest BCUT2D eigenvalue weighted by Crippen LogP contribution is -2.50. The van der Waals surface area contributed by atoms with Crippen molar-refractivity contribution in [3.63, 3.8) is 0 Å². The Morgan fingerprint density at radius 2 is 2.00 bits per heavy atom. The van der Waals surface area contributed by atoms with E-state index >= 15 is 0 Å². The Labute approximate surface area is 117 Å². The van der Waals surface area contributed by atoms with Crippen molar-refractivity contribution in [2.75, 3.05) is 54.0 Å². The fourth-order valence-corrected chi connectivity index (χ4v) is 2.56. The standard InChI is InChI=1S/C14H29N3O2/c1-17(2)11-5-4-8-16-13(18)14(12-19-3)6-9-15-10-7-14/h15H,4-12H2,1-3H3,(H,16,18). The molecule has 0 bridgehead atoms. The summed E-state index contributed by atoms with van der Waals surface area (Å²) in [7, 11) is 5.82. The van der Waals surface area contributed by atoms with Crippen LogP contribution in [0.4, 0.5) is 0 Å². The summed E-state index contributed by atoms with van der Waals surface area (Å²) in [6.07, 6.45) is 3.88. The molecule has 0 aromatic heterocycles. The third-order valence-corrected chi connectivity index (χ3v) is 3.78. The summed E-state index contributed by atoms with van der Waals surface area (Å²) >= 11 is 0. The molecule has 1 aliphatic heterocycles. The molecule has 1 heterocycles. The Hall–Kier alpha value is -0.650. The van der Waals surface area contributed by atoms with Crippen molar-refractivity contribution < 1.29 is 9.53 Å². The monoisotopic (exact) mass is 271 g/mol. The molecule has 0 aliphatic carbocycles. The smallest absolute Gasteiger partial charge is 0.228 e. The minimum absolute atomic E-state index is 0.167. The zero-order valence-electron chi connectivity index (χ0n) is 12.6.